The number of hydrogen-bond donors (Lipinski definition) is 2. The van der Waals surface area contributed by atoms with Crippen LogP contribution in [0.2, 0.25) is 0 Å². The number of nitrogens with one attached hydrogen (secondary N) is 2. The molecule has 0 heterocycles. The molecule has 0 radical (unpaired) electrons. The van der Waals surface area contributed by atoms with Crippen molar-refractivity contribution in [2.24, 2.45) is 0 Å². The third kappa shape index (κ3) is 1.86. The number of benzene rings is 1. The highest BCUT2D eigenvalue weighted by molar-refractivity contribution is 6.01. The van der Waals surface area contributed by atoms with Crippen LogP contribution in [-0.2, 0) is 0 Å². The first-order valence-electron chi connectivity index (χ1n) is 4.09. The van der Waals surface area contributed by atoms with Crippen molar-refractivity contribution in [3.05, 3.63) is 29.1 Å². The fourth-order valence-electron chi connectivity index (χ4n) is 1.32. The average molecular weight is 180 g/mol. The van der Waals surface area contributed by atoms with Gasteiger partial charge in [0.1, 0.15) is 5.82 Å². The third-order valence-corrected chi connectivity index (χ3v) is 1.88. The normalized spacial score (nSPS) is 9.85. The van der Waals surface area contributed by atoms with Gasteiger partial charge in [-0.2, -0.15) is 0 Å². The van der Waals surface area contributed by atoms with Gasteiger partial charge in [-0.3, -0.25) is 0 Å². The van der Waals surface area contributed by atoms with Crippen LogP contribution in [0.4, 0.5) is 10.1 Å². The first-order valence-corrected chi connectivity index (χ1v) is 4.09. The molecule has 0 atom stereocenters. The maximum Gasteiger partial charge on any atom is 0.134 e. The Kier molecular flexibility index (Phi) is 2.66. The molecular weight excluding hydrogens is 167 g/mol. The van der Waals surface area contributed by atoms with E-state index in [0.717, 1.165) is 5.56 Å². The van der Waals surface area contributed by atoms with Crippen LogP contribution < -0.4 is 5.32 Å². The Morgan fingerprint density at radius 1 is 1.46 bits per heavy atom. The molecule has 1 aromatic rings. The molecule has 0 amide bonds. The van der Waals surface area contributed by atoms with Crippen LogP contribution in [0.25, 0.3) is 0 Å². The second-order valence-electron chi connectivity index (χ2n) is 3.04. The Bertz CT molecular complexity index is 345. The zero-order valence-electron chi connectivity index (χ0n) is 8.03. The lowest BCUT2D eigenvalue weighted by molar-refractivity contribution is 0.624. The smallest absolute Gasteiger partial charge is 0.134 e. The van der Waals surface area contributed by atoms with Crippen molar-refractivity contribution in [3.8, 4) is 0 Å². The number of anilines is 1. The summed E-state index contributed by atoms with van der Waals surface area (Å²) in [5.74, 6) is -0.336. The molecule has 1 rings (SSSR count). The van der Waals surface area contributed by atoms with E-state index >= 15 is 0 Å². The monoisotopic (exact) mass is 180 g/mol. The predicted octanol–water partition coefficient (Wildman–Crippen LogP) is 2.56. The van der Waals surface area contributed by atoms with Gasteiger partial charge < -0.3 is 10.7 Å². The molecule has 0 fully saturated rings. The van der Waals surface area contributed by atoms with Crippen molar-refractivity contribution in [3.63, 3.8) is 0 Å². The van der Waals surface area contributed by atoms with E-state index in [1.165, 1.54) is 6.07 Å². The van der Waals surface area contributed by atoms with Crippen LogP contribution in [0.1, 0.15) is 18.1 Å². The molecule has 2 nitrogen and oxygen atoms in total. The molecule has 3 heteroatoms. The van der Waals surface area contributed by atoms with Crippen LogP contribution in [0.3, 0.4) is 0 Å². The summed E-state index contributed by atoms with van der Waals surface area (Å²) < 4.78 is 13.4. The van der Waals surface area contributed by atoms with Gasteiger partial charge in [-0.25, -0.2) is 4.39 Å². The summed E-state index contributed by atoms with van der Waals surface area (Å²) in [6, 6.07) is 3.27. The topological polar surface area (TPSA) is 35.9 Å². The Morgan fingerprint density at radius 2 is 2.08 bits per heavy atom. The molecule has 0 aliphatic carbocycles. The first-order chi connectivity index (χ1) is 6.06. The zero-order chi connectivity index (χ0) is 10.0. The van der Waals surface area contributed by atoms with E-state index in [0.29, 0.717) is 11.3 Å². The maximum atomic E-state index is 13.4. The van der Waals surface area contributed by atoms with Crippen molar-refractivity contribution in [2.45, 2.75) is 13.8 Å². The molecule has 0 aliphatic heterocycles. The molecule has 0 bridgehead atoms. The van der Waals surface area contributed by atoms with Gasteiger partial charge >= 0.3 is 0 Å². The Hall–Kier alpha value is -1.38. The van der Waals surface area contributed by atoms with Crippen LogP contribution in [0.15, 0.2) is 12.1 Å². The van der Waals surface area contributed by atoms with Crippen molar-refractivity contribution in [1.82, 2.24) is 0 Å². The summed E-state index contributed by atoms with van der Waals surface area (Å²) in [5.41, 5.74) is 2.12. The van der Waals surface area contributed by atoms with Gasteiger partial charge in [0.2, 0.25) is 0 Å². The first kappa shape index (κ1) is 9.71. The van der Waals surface area contributed by atoms with Crippen LogP contribution in [0.5, 0.6) is 0 Å². The molecular formula is C10H13FN2. The van der Waals surface area contributed by atoms with E-state index in [1.807, 2.05) is 13.0 Å². The molecule has 0 saturated heterocycles. The highest BCUT2D eigenvalue weighted by atomic mass is 19.1. The Labute approximate surface area is 77.3 Å². The molecule has 0 aromatic heterocycles. The van der Waals surface area contributed by atoms with Gasteiger partial charge in [-0.05, 0) is 31.5 Å². The second-order valence-corrected chi connectivity index (χ2v) is 3.04. The van der Waals surface area contributed by atoms with Crippen LogP contribution in [-0.4, -0.2) is 12.8 Å². The summed E-state index contributed by atoms with van der Waals surface area (Å²) in [4.78, 5) is 0. The fourth-order valence-corrected chi connectivity index (χ4v) is 1.32. The molecule has 0 unspecified atom stereocenters. The summed E-state index contributed by atoms with van der Waals surface area (Å²) in [6.45, 7) is 3.40. The average Bonchev–Trinajstić information content (AvgIpc) is 2.01. The quantitative estimate of drug-likeness (QED) is 0.674. The van der Waals surface area contributed by atoms with Crippen LogP contribution >= 0.6 is 0 Å². The minimum Gasteiger partial charge on any atom is -0.387 e. The summed E-state index contributed by atoms with van der Waals surface area (Å²) >= 11 is 0. The molecule has 13 heavy (non-hydrogen) atoms. The van der Waals surface area contributed by atoms with Gasteiger partial charge in [0.15, 0.2) is 0 Å². The van der Waals surface area contributed by atoms with Crippen molar-refractivity contribution >= 4 is 11.4 Å². The highest BCUT2D eigenvalue weighted by Crippen LogP contribution is 2.21. The third-order valence-electron chi connectivity index (χ3n) is 1.88. The van der Waals surface area contributed by atoms with E-state index in [9.17, 15) is 4.39 Å². The summed E-state index contributed by atoms with van der Waals surface area (Å²) in [5, 5.41) is 10.3. The van der Waals surface area contributed by atoms with E-state index < -0.39 is 0 Å². The van der Waals surface area contributed by atoms with Gasteiger partial charge in [0.25, 0.3) is 0 Å². The molecule has 0 saturated carbocycles. The Balaban J connectivity index is 3.38. The van der Waals surface area contributed by atoms with E-state index in [1.54, 1.807) is 14.0 Å². The van der Waals surface area contributed by atoms with Gasteiger partial charge in [-0.1, -0.05) is 0 Å². The van der Waals surface area contributed by atoms with Crippen LogP contribution in [0, 0.1) is 18.2 Å². The predicted molar refractivity (Wildman–Crippen MR) is 53.2 cm³/mol. The number of hydrogen-bond acceptors (Lipinski definition) is 2. The number of aryl methyl sites for hydroxylation is 1. The van der Waals surface area contributed by atoms with E-state index in [4.69, 9.17) is 5.41 Å². The molecule has 1 aromatic carbocycles. The lowest BCUT2D eigenvalue weighted by atomic mass is 10.1. The van der Waals surface area contributed by atoms with E-state index in [2.05, 4.69) is 5.32 Å². The number of halogens is 1. The highest BCUT2D eigenvalue weighted by Gasteiger charge is 2.10. The van der Waals surface area contributed by atoms with Gasteiger partial charge in [0, 0.05) is 18.4 Å². The molecule has 0 aliphatic rings. The molecule has 0 spiro atoms. The largest absolute Gasteiger partial charge is 0.387 e. The lowest BCUT2D eigenvalue weighted by Crippen LogP contribution is -2.04. The second kappa shape index (κ2) is 3.56. The minimum absolute atomic E-state index is 0.238. The number of rotatable bonds is 2. The summed E-state index contributed by atoms with van der Waals surface area (Å²) in [7, 11) is 1.72. The molecule has 2 N–H and O–H groups in total. The van der Waals surface area contributed by atoms with Gasteiger partial charge in [-0.15, -0.1) is 0 Å². The Morgan fingerprint density at radius 3 is 2.54 bits per heavy atom. The van der Waals surface area contributed by atoms with Crippen molar-refractivity contribution in [2.75, 3.05) is 12.4 Å². The van der Waals surface area contributed by atoms with E-state index in [-0.39, 0.29) is 11.5 Å². The minimum atomic E-state index is -0.336. The standard InChI is InChI=1S/C10H13FN2/c1-6-4-8(11)10(7(2)12)9(5-6)13-3/h4-5,12-13H,1-3H3. The zero-order valence-corrected chi connectivity index (χ0v) is 8.03. The van der Waals surface area contributed by atoms with Crippen molar-refractivity contribution < 1.29 is 4.39 Å². The summed E-state index contributed by atoms with van der Waals surface area (Å²) in [6.07, 6.45) is 0. The van der Waals surface area contributed by atoms with Gasteiger partial charge in [0.05, 0.1) is 5.56 Å². The maximum absolute atomic E-state index is 13.4. The molecule has 70 valence electrons. The SMILES string of the molecule is CNc1cc(C)cc(F)c1C(C)=N. The fraction of sp³-hybridized carbons (Fsp3) is 0.300. The lowest BCUT2D eigenvalue weighted by Gasteiger charge is -2.09. The van der Waals surface area contributed by atoms with Crippen molar-refractivity contribution in [1.29, 1.82) is 5.41 Å².